The van der Waals surface area contributed by atoms with E-state index in [1.807, 2.05) is 76.9 Å². The number of benzene rings is 1. The quantitative estimate of drug-likeness (QED) is 0.553. The first-order valence-electron chi connectivity index (χ1n) is 13.4. The molecule has 3 heterocycles. The monoisotopic (exact) mass is 524 g/mol. The van der Waals surface area contributed by atoms with Gasteiger partial charge in [-0.3, -0.25) is 4.79 Å². The molecule has 1 aromatic carbocycles. The minimum atomic E-state index is -0.686. The number of aromatic nitrogens is 2. The van der Waals surface area contributed by atoms with Gasteiger partial charge in [0.25, 0.3) is 0 Å². The summed E-state index contributed by atoms with van der Waals surface area (Å²) in [4.78, 5) is 35.6. The van der Waals surface area contributed by atoms with Gasteiger partial charge in [0.1, 0.15) is 11.9 Å². The molecule has 1 aromatic heterocycles. The molecule has 9 nitrogen and oxygen atoms in total. The highest BCUT2D eigenvalue weighted by molar-refractivity contribution is 6.62. The molecule has 2 aliphatic rings. The van der Waals surface area contributed by atoms with Crippen molar-refractivity contribution in [2.24, 2.45) is 11.8 Å². The minimum Gasteiger partial charge on any atom is -0.453 e. The Balaban J connectivity index is 1.54. The predicted molar refractivity (Wildman–Crippen MR) is 147 cm³/mol. The Morgan fingerprint density at radius 2 is 1.74 bits per heavy atom. The summed E-state index contributed by atoms with van der Waals surface area (Å²) in [6.45, 7) is 16.2. The summed E-state index contributed by atoms with van der Waals surface area (Å²) in [7, 11) is 0.882. The van der Waals surface area contributed by atoms with Gasteiger partial charge in [0.15, 0.2) is 0 Å². The first-order valence-corrected chi connectivity index (χ1v) is 13.4. The Morgan fingerprint density at radius 1 is 1.13 bits per heavy atom. The van der Waals surface area contributed by atoms with Gasteiger partial charge in [-0.05, 0) is 63.9 Å². The normalized spacial score (nSPS) is 25.1. The second kappa shape index (κ2) is 10.4. The number of aromatic amines is 1. The molecule has 4 atom stereocenters. The lowest BCUT2D eigenvalue weighted by molar-refractivity contribution is -0.137. The maximum Gasteiger partial charge on any atom is 0.494 e. The van der Waals surface area contributed by atoms with Crippen LogP contribution in [0.2, 0.25) is 0 Å². The molecule has 4 rings (SSSR count). The van der Waals surface area contributed by atoms with Crippen molar-refractivity contribution in [1.29, 1.82) is 0 Å². The van der Waals surface area contributed by atoms with E-state index in [9.17, 15) is 9.59 Å². The van der Waals surface area contributed by atoms with Gasteiger partial charge in [0, 0.05) is 6.04 Å². The average molecular weight is 524 g/mol. The van der Waals surface area contributed by atoms with E-state index in [-0.39, 0.29) is 29.8 Å². The van der Waals surface area contributed by atoms with Crippen LogP contribution in [0.5, 0.6) is 0 Å². The van der Waals surface area contributed by atoms with Gasteiger partial charge < -0.3 is 29.2 Å². The van der Waals surface area contributed by atoms with Crippen molar-refractivity contribution in [3.8, 4) is 11.3 Å². The number of carbonyl (C=O) groups is 2. The van der Waals surface area contributed by atoms with Gasteiger partial charge in [-0.15, -0.1) is 0 Å². The number of amides is 2. The van der Waals surface area contributed by atoms with Crippen LogP contribution in [0.25, 0.3) is 11.3 Å². The number of carbonyl (C=O) groups excluding carboxylic acids is 2. The van der Waals surface area contributed by atoms with Gasteiger partial charge in [0.05, 0.1) is 36.2 Å². The number of imidazole rings is 1. The Hall–Kier alpha value is -2.85. The molecule has 2 aromatic rings. The third-order valence-electron chi connectivity index (χ3n) is 8.50. The first-order chi connectivity index (χ1) is 17.8. The highest BCUT2D eigenvalue weighted by atomic mass is 16.7. The van der Waals surface area contributed by atoms with Gasteiger partial charge in [-0.25, -0.2) is 9.78 Å². The minimum absolute atomic E-state index is 0.000874. The predicted octanol–water partition coefficient (Wildman–Crippen LogP) is 4.05. The van der Waals surface area contributed by atoms with E-state index in [0.717, 1.165) is 29.0 Å². The van der Waals surface area contributed by atoms with E-state index in [2.05, 4.69) is 29.1 Å². The van der Waals surface area contributed by atoms with Crippen LogP contribution >= 0.6 is 0 Å². The Kier molecular flexibility index (Phi) is 7.69. The molecule has 0 spiro atoms. The zero-order chi connectivity index (χ0) is 28.0. The number of ether oxygens (including phenoxy) is 1. The third-order valence-corrected chi connectivity index (χ3v) is 8.50. The van der Waals surface area contributed by atoms with Crippen LogP contribution in [0.15, 0.2) is 30.5 Å². The van der Waals surface area contributed by atoms with Crippen molar-refractivity contribution >= 4 is 24.6 Å². The number of hydrogen-bond acceptors (Lipinski definition) is 6. The molecule has 0 saturated carbocycles. The fraction of sp³-hybridized carbons (Fsp3) is 0.607. The summed E-state index contributed by atoms with van der Waals surface area (Å²) < 4.78 is 17.1. The topological polar surface area (TPSA) is 106 Å². The first kappa shape index (κ1) is 28.2. The Morgan fingerprint density at radius 3 is 2.29 bits per heavy atom. The van der Waals surface area contributed by atoms with Crippen molar-refractivity contribution in [3.05, 3.63) is 36.3 Å². The van der Waals surface area contributed by atoms with E-state index in [0.29, 0.717) is 0 Å². The number of likely N-dealkylation sites (tertiary alicyclic amines) is 1. The van der Waals surface area contributed by atoms with E-state index < -0.39 is 30.5 Å². The van der Waals surface area contributed by atoms with Crippen molar-refractivity contribution in [2.75, 3.05) is 7.11 Å². The lowest BCUT2D eigenvalue weighted by Gasteiger charge is -2.33. The van der Waals surface area contributed by atoms with Crippen LogP contribution in [0.4, 0.5) is 4.79 Å². The molecule has 2 saturated heterocycles. The zero-order valence-corrected chi connectivity index (χ0v) is 24.0. The summed E-state index contributed by atoms with van der Waals surface area (Å²) in [5.41, 5.74) is 2.02. The fourth-order valence-electron chi connectivity index (χ4n) is 5.13. The summed E-state index contributed by atoms with van der Waals surface area (Å²) in [6, 6.07) is 7.17. The summed E-state index contributed by atoms with van der Waals surface area (Å²) in [5.74, 6) is 0.791. The average Bonchev–Trinajstić information content (AvgIpc) is 3.51. The maximum atomic E-state index is 13.7. The lowest BCUT2D eigenvalue weighted by atomic mass is 9.79. The molecule has 2 N–H and O–H groups in total. The van der Waals surface area contributed by atoms with E-state index in [1.54, 1.807) is 0 Å². The number of rotatable bonds is 6. The van der Waals surface area contributed by atoms with Crippen molar-refractivity contribution in [2.45, 2.75) is 91.1 Å². The van der Waals surface area contributed by atoms with Crippen LogP contribution < -0.4 is 10.8 Å². The van der Waals surface area contributed by atoms with Gasteiger partial charge in [0.2, 0.25) is 5.91 Å². The second-order valence-corrected chi connectivity index (χ2v) is 12.0. The SMILES string of the molecule is COC(=O)N[C@H](C(=O)N1[C@H](C)[C@H](C)C[C@H]1c1ncc(-c2ccc(B3OC(C)(C)C(C)(C)O3)cc2)[nH]1)C(C)C. The second-order valence-electron chi connectivity index (χ2n) is 12.0. The van der Waals surface area contributed by atoms with Crippen LogP contribution in [-0.2, 0) is 18.8 Å². The third kappa shape index (κ3) is 5.20. The van der Waals surface area contributed by atoms with Crippen LogP contribution in [0.1, 0.15) is 73.7 Å². The molecule has 206 valence electrons. The molecule has 38 heavy (non-hydrogen) atoms. The molecular formula is C28H41BN4O5. The number of methoxy groups -OCH3 is 1. The zero-order valence-electron chi connectivity index (χ0n) is 24.0. The maximum absolute atomic E-state index is 13.7. The molecule has 0 bridgehead atoms. The summed E-state index contributed by atoms with van der Waals surface area (Å²) >= 11 is 0. The van der Waals surface area contributed by atoms with Gasteiger partial charge in [-0.1, -0.05) is 45.0 Å². The van der Waals surface area contributed by atoms with Crippen molar-refractivity contribution in [3.63, 3.8) is 0 Å². The van der Waals surface area contributed by atoms with Gasteiger partial charge >= 0.3 is 13.2 Å². The molecule has 0 unspecified atom stereocenters. The molecule has 0 radical (unpaired) electrons. The largest absolute Gasteiger partial charge is 0.494 e. The van der Waals surface area contributed by atoms with Gasteiger partial charge in [-0.2, -0.15) is 0 Å². The molecule has 0 aliphatic carbocycles. The summed E-state index contributed by atoms with van der Waals surface area (Å²) in [5, 5.41) is 2.72. The smallest absolute Gasteiger partial charge is 0.453 e. The van der Waals surface area contributed by atoms with Crippen molar-refractivity contribution < 1.29 is 23.6 Å². The molecule has 2 fully saturated rings. The van der Waals surface area contributed by atoms with E-state index in [4.69, 9.17) is 14.0 Å². The number of nitrogens with zero attached hydrogens (tertiary/aromatic N) is 2. The number of nitrogens with one attached hydrogen (secondary N) is 2. The highest BCUT2D eigenvalue weighted by Gasteiger charge is 2.51. The summed E-state index contributed by atoms with van der Waals surface area (Å²) in [6.07, 6.45) is 1.98. The standard InChI is InChI=1S/C28H41BN4O5/c1-16(2)23(32-26(35)36-9)25(34)33-18(4)17(3)14-22(33)24-30-15-21(31-24)19-10-12-20(13-11-19)29-37-27(5,6)28(7,8)38-29/h10-13,15-18,22-23H,14H2,1-9H3,(H,30,31)(H,32,35)/t17-,18-,22+,23+/m1/s1. The van der Waals surface area contributed by atoms with Crippen LogP contribution in [0, 0.1) is 11.8 Å². The Bertz CT molecular complexity index is 1150. The fourth-order valence-corrected chi connectivity index (χ4v) is 5.13. The number of hydrogen-bond donors (Lipinski definition) is 2. The van der Waals surface area contributed by atoms with Crippen LogP contribution in [-0.4, -0.2) is 64.4 Å². The molecule has 2 aliphatic heterocycles. The molecular weight excluding hydrogens is 483 g/mol. The number of H-pyrrole nitrogens is 1. The highest BCUT2D eigenvalue weighted by Crippen LogP contribution is 2.40. The molecule has 2 amide bonds. The Labute approximate surface area is 226 Å². The molecule has 10 heteroatoms. The van der Waals surface area contributed by atoms with Crippen molar-refractivity contribution in [1.82, 2.24) is 20.2 Å². The van der Waals surface area contributed by atoms with Crippen LogP contribution in [0.3, 0.4) is 0 Å². The lowest BCUT2D eigenvalue weighted by Crippen LogP contribution is -2.53. The van der Waals surface area contributed by atoms with E-state index in [1.165, 1.54) is 7.11 Å². The van der Waals surface area contributed by atoms with E-state index >= 15 is 0 Å². The number of alkyl carbamates (subject to hydrolysis) is 1.